The normalized spacial score (nSPS) is 21.2. The first-order valence-electron chi connectivity index (χ1n) is 12.7. The van der Waals surface area contributed by atoms with E-state index >= 15 is 0 Å². The molecule has 1 saturated heterocycles. The molecule has 0 bridgehead atoms. The van der Waals surface area contributed by atoms with Gasteiger partial charge in [0, 0.05) is 25.1 Å². The number of Topliss-reactive ketones (excluding diaryl/α,β-unsaturated/α-hetero) is 1. The predicted octanol–water partition coefficient (Wildman–Crippen LogP) is 4.90. The third-order valence-corrected chi connectivity index (χ3v) is 7.18. The quantitative estimate of drug-likeness (QED) is 0.334. The number of ether oxygens (including phenoxy) is 1. The second kappa shape index (κ2) is 10.2. The molecule has 6 heteroatoms. The van der Waals surface area contributed by atoms with Gasteiger partial charge in [0.05, 0.1) is 11.6 Å². The lowest BCUT2D eigenvalue weighted by molar-refractivity contribution is -0.140. The number of likely N-dealkylation sites (tertiary alicyclic amines) is 1. The lowest BCUT2D eigenvalue weighted by Gasteiger charge is -2.28. The molecule has 2 aromatic carbocycles. The van der Waals surface area contributed by atoms with Crippen molar-refractivity contribution in [1.29, 1.82) is 0 Å². The van der Waals surface area contributed by atoms with E-state index in [9.17, 15) is 14.7 Å². The topological polar surface area (TPSA) is 70.1 Å². The number of amides is 1. The number of hydrogen-bond acceptors (Lipinski definition) is 5. The van der Waals surface area contributed by atoms with Crippen LogP contribution in [0.2, 0.25) is 0 Å². The van der Waals surface area contributed by atoms with Gasteiger partial charge in [0.1, 0.15) is 17.6 Å². The minimum atomic E-state index is -0.634. The lowest BCUT2D eigenvalue weighted by atomic mass is 9.92. The fourth-order valence-corrected chi connectivity index (χ4v) is 5.03. The van der Waals surface area contributed by atoms with Crippen LogP contribution in [0.1, 0.15) is 68.8 Å². The van der Waals surface area contributed by atoms with E-state index < -0.39 is 17.7 Å². The van der Waals surface area contributed by atoms with E-state index in [0.717, 1.165) is 36.4 Å². The molecule has 1 amide bonds. The third-order valence-electron chi connectivity index (χ3n) is 7.18. The molecule has 0 radical (unpaired) electrons. The van der Waals surface area contributed by atoms with Gasteiger partial charge in [-0.25, -0.2) is 0 Å². The fourth-order valence-electron chi connectivity index (χ4n) is 5.03. The molecule has 0 aliphatic carbocycles. The van der Waals surface area contributed by atoms with Crippen LogP contribution in [0.3, 0.4) is 0 Å². The number of hydrogen-bond donors (Lipinski definition) is 1. The molecule has 0 saturated carbocycles. The molecule has 0 spiro atoms. The first kappa shape index (κ1) is 25.0. The van der Waals surface area contributed by atoms with Gasteiger partial charge in [-0.3, -0.25) is 9.59 Å². The minimum absolute atomic E-state index is 0.0764. The van der Waals surface area contributed by atoms with Crippen LogP contribution >= 0.6 is 0 Å². The van der Waals surface area contributed by atoms with Crippen LogP contribution in [-0.4, -0.2) is 58.9 Å². The molecule has 4 rings (SSSR count). The van der Waals surface area contributed by atoms with Crippen LogP contribution in [-0.2, 0) is 16.0 Å². The first-order valence-corrected chi connectivity index (χ1v) is 12.7. The van der Waals surface area contributed by atoms with Crippen LogP contribution in [0.15, 0.2) is 48.0 Å². The third kappa shape index (κ3) is 4.85. The smallest absolute Gasteiger partial charge is 0.295 e. The average Bonchev–Trinajstić information content (AvgIpc) is 3.35. The number of nitrogens with zero attached hydrogens (tertiary/aromatic N) is 2. The van der Waals surface area contributed by atoms with Gasteiger partial charge in [0.15, 0.2) is 0 Å². The molecule has 6 nitrogen and oxygen atoms in total. The number of benzene rings is 2. The Morgan fingerprint density at radius 1 is 1.11 bits per heavy atom. The van der Waals surface area contributed by atoms with Crippen molar-refractivity contribution in [3.63, 3.8) is 0 Å². The monoisotopic (exact) mass is 476 g/mol. The SMILES string of the molecule is CCN(CC)CCN1C(=O)C(=O)/C(=C(/O)c2ccc3c(c2)C[C@@H](C)O3)[C@H]1c1ccc(C(C)C)cc1. The summed E-state index contributed by atoms with van der Waals surface area (Å²) in [6.45, 7) is 13.2. The summed E-state index contributed by atoms with van der Waals surface area (Å²) in [5.41, 5.74) is 3.69. The molecule has 2 aliphatic rings. The van der Waals surface area contributed by atoms with Gasteiger partial charge in [0.2, 0.25) is 0 Å². The van der Waals surface area contributed by atoms with Crippen molar-refractivity contribution in [3.8, 4) is 5.75 Å². The zero-order valence-corrected chi connectivity index (χ0v) is 21.4. The van der Waals surface area contributed by atoms with Gasteiger partial charge in [0.25, 0.3) is 11.7 Å². The average molecular weight is 477 g/mol. The second-order valence-electron chi connectivity index (χ2n) is 9.80. The van der Waals surface area contributed by atoms with Crippen molar-refractivity contribution in [3.05, 3.63) is 70.3 Å². The number of carbonyl (C=O) groups is 2. The second-order valence-corrected chi connectivity index (χ2v) is 9.80. The molecular formula is C29H36N2O4. The summed E-state index contributed by atoms with van der Waals surface area (Å²) in [4.78, 5) is 30.4. The van der Waals surface area contributed by atoms with Gasteiger partial charge in [-0.05, 0) is 60.8 Å². The highest BCUT2D eigenvalue weighted by Crippen LogP contribution is 2.40. The Labute approximate surface area is 208 Å². The van der Waals surface area contributed by atoms with E-state index in [1.54, 1.807) is 11.0 Å². The van der Waals surface area contributed by atoms with E-state index in [2.05, 4.69) is 32.6 Å². The van der Waals surface area contributed by atoms with Gasteiger partial charge in [-0.1, -0.05) is 52.0 Å². The number of likely N-dealkylation sites (N-methyl/N-ethyl adjacent to an activating group) is 1. The summed E-state index contributed by atoms with van der Waals surface area (Å²) < 4.78 is 5.79. The van der Waals surface area contributed by atoms with Crippen LogP contribution < -0.4 is 4.74 Å². The Kier molecular flexibility index (Phi) is 7.31. The van der Waals surface area contributed by atoms with Crippen molar-refractivity contribution in [2.45, 2.75) is 59.1 Å². The summed E-state index contributed by atoms with van der Waals surface area (Å²) in [6.07, 6.45) is 0.821. The Bertz CT molecular complexity index is 1130. The number of rotatable bonds is 8. The minimum Gasteiger partial charge on any atom is -0.507 e. The van der Waals surface area contributed by atoms with Gasteiger partial charge >= 0.3 is 0 Å². The Morgan fingerprint density at radius 3 is 2.43 bits per heavy atom. The molecule has 0 unspecified atom stereocenters. The maximum absolute atomic E-state index is 13.3. The maximum atomic E-state index is 13.3. The highest BCUT2D eigenvalue weighted by Gasteiger charge is 2.46. The molecule has 2 atom stereocenters. The number of fused-ring (bicyclic) bond motifs is 1. The molecule has 2 aliphatic heterocycles. The van der Waals surface area contributed by atoms with E-state index in [0.29, 0.717) is 24.6 Å². The van der Waals surface area contributed by atoms with E-state index in [4.69, 9.17) is 4.74 Å². The molecule has 186 valence electrons. The number of carbonyl (C=O) groups excluding carboxylic acids is 2. The number of aliphatic hydroxyl groups excluding tert-OH is 1. The summed E-state index contributed by atoms with van der Waals surface area (Å²) in [5, 5.41) is 11.4. The molecule has 1 fully saturated rings. The molecule has 1 N–H and O–H groups in total. The Balaban J connectivity index is 1.78. The molecule has 2 aromatic rings. The maximum Gasteiger partial charge on any atom is 0.295 e. The molecule has 0 aromatic heterocycles. The molecule has 2 heterocycles. The first-order chi connectivity index (χ1) is 16.7. The number of aliphatic hydroxyl groups is 1. The van der Waals surface area contributed by atoms with Crippen LogP contribution in [0.5, 0.6) is 5.75 Å². The van der Waals surface area contributed by atoms with E-state index in [1.165, 1.54) is 5.56 Å². The highest BCUT2D eigenvalue weighted by atomic mass is 16.5. The lowest BCUT2D eigenvalue weighted by Crippen LogP contribution is -2.38. The van der Waals surface area contributed by atoms with Crippen molar-refractivity contribution >= 4 is 17.4 Å². The van der Waals surface area contributed by atoms with Crippen molar-refractivity contribution in [1.82, 2.24) is 9.80 Å². The summed E-state index contributed by atoms with van der Waals surface area (Å²) >= 11 is 0. The van der Waals surface area contributed by atoms with E-state index in [1.807, 2.05) is 43.3 Å². The fraction of sp³-hybridized carbons (Fsp3) is 0.448. The van der Waals surface area contributed by atoms with Gasteiger partial charge in [-0.2, -0.15) is 0 Å². The standard InChI is InChI=1S/C29H36N2O4/c1-6-30(7-2)14-15-31-26(21-10-8-20(9-11-21)18(3)4)25(28(33)29(31)34)27(32)22-12-13-24-23(17-22)16-19(5)35-24/h8-13,17-19,26,32H,6-7,14-16H2,1-5H3/b27-25+/t19-,26-/m1/s1. The van der Waals surface area contributed by atoms with Crippen molar-refractivity contribution in [2.24, 2.45) is 0 Å². The summed E-state index contributed by atoms with van der Waals surface area (Å²) in [7, 11) is 0. The molecule has 35 heavy (non-hydrogen) atoms. The largest absolute Gasteiger partial charge is 0.507 e. The highest BCUT2D eigenvalue weighted by molar-refractivity contribution is 6.46. The summed E-state index contributed by atoms with van der Waals surface area (Å²) in [6, 6.07) is 12.9. The van der Waals surface area contributed by atoms with E-state index in [-0.39, 0.29) is 17.4 Å². The zero-order valence-electron chi connectivity index (χ0n) is 21.4. The zero-order chi connectivity index (χ0) is 25.3. The van der Waals surface area contributed by atoms with Gasteiger partial charge in [-0.15, -0.1) is 0 Å². The van der Waals surface area contributed by atoms with Crippen molar-refractivity contribution in [2.75, 3.05) is 26.2 Å². The van der Waals surface area contributed by atoms with Crippen LogP contribution in [0, 0.1) is 0 Å². The predicted molar refractivity (Wildman–Crippen MR) is 138 cm³/mol. The van der Waals surface area contributed by atoms with Crippen LogP contribution in [0.25, 0.3) is 5.76 Å². The van der Waals surface area contributed by atoms with Gasteiger partial charge < -0.3 is 19.6 Å². The van der Waals surface area contributed by atoms with Crippen molar-refractivity contribution < 1.29 is 19.4 Å². The Morgan fingerprint density at radius 2 is 1.80 bits per heavy atom. The van der Waals surface area contributed by atoms with Crippen LogP contribution in [0.4, 0.5) is 0 Å². The summed E-state index contributed by atoms with van der Waals surface area (Å²) in [5.74, 6) is -0.155. The number of ketones is 1. The molecular weight excluding hydrogens is 440 g/mol. The Hall–Kier alpha value is -3.12.